The largest absolute Gasteiger partial charge is 0.298 e. The topological polar surface area (TPSA) is 42.9 Å². The third kappa shape index (κ3) is 4.16. The van der Waals surface area contributed by atoms with E-state index in [0.717, 1.165) is 43.8 Å². The summed E-state index contributed by atoms with van der Waals surface area (Å²) in [6, 6.07) is 36.9. The van der Waals surface area contributed by atoms with Crippen LogP contribution in [-0.2, 0) is 4.79 Å². The molecule has 172 valence electrons. The van der Waals surface area contributed by atoms with Gasteiger partial charge in [-0.05, 0) is 68.1 Å². The van der Waals surface area contributed by atoms with Crippen molar-refractivity contribution in [3.63, 3.8) is 0 Å². The number of hydrogen-bond acceptors (Lipinski definition) is 3. The molecule has 0 N–H and O–H groups in total. The van der Waals surface area contributed by atoms with E-state index in [0.29, 0.717) is 0 Å². The van der Waals surface area contributed by atoms with Gasteiger partial charge in [-0.3, -0.25) is 14.8 Å². The van der Waals surface area contributed by atoms with Crippen LogP contribution >= 0.6 is 0 Å². The Morgan fingerprint density at radius 3 is 1.25 bits per heavy atom. The molecule has 0 amide bonds. The summed E-state index contributed by atoms with van der Waals surface area (Å²) < 4.78 is 0. The van der Waals surface area contributed by atoms with E-state index in [1.165, 1.54) is 0 Å². The predicted octanol–water partition coefficient (Wildman–Crippen LogP) is 7.32. The fraction of sp³-hybridized carbons (Fsp3) is 0.0606. The molecular weight excluding hydrogens is 440 g/mol. The van der Waals surface area contributed by atoms with Gasteiger partial charge in [0.05, 0.1) is 11.8 Å². The van der Waals surface area contributed by atoms with Crippen LogP contribution in [-0.4, -0.2) is 15.8 Å². The molecule has 2 aromatic heterocycles. The fourth-order valence-electron chi connectivity index (χ4n) is 5.10. The molecule has 0 saturated heterocycles. The van der Waals surface area contributed by atoms with Crippen molar-refractivity contribution in [3.8, 4) is 0 Å². The Kier molecular flexibility index (Phi) is 5.80. The molecule has 0 aliphatic carbocycles. The minimum atomic E-state index is -0.442. The predicted molar refractivity (Wildman–Crippen MR) is 145 cm³/mol. The molecule has 0 bridgehead atoms. The van der Waals surface area contributed by atoms with Crippen LogP contribution < -0.4 is 0 Å². The summed E-state index contributed by atoms with van der Waals surface area (Å²) in [5.74, 6) is -0.762. The maximum absolute atomic E-state index is 14.7. The number of fused-ring (bicyclic) bond motifs is 2. The molecule has 36 heavy (non-hydrogen) atoms. The Hall–Kier alpha value is -4.63. The molecule has 0 spiro atoms. The van der Waals surface area contributed by atoms with Crippen LogP contribution in [0, 0.1) is 0 Å². The van der Waals surface area contributed by atoms with Gasteiger partial charge < -0.3 is 0 Å². The van der Waals surface area contributed by atoms with Crippen molar-refractivity contribution in [2.75, 3.05) is 0 Å². The van der Waals surface area contributed by atoms with Crippen molar-refractivity contribution in [2.45, 2.75) is 11.8 Å². The third-order valence-corrected chi connectivity index (χ3v) is 6.86. The van der Waals surface area contributed by atoms with Crippen LogP contribution in [0.2, 0.25) is 0 Å². The highest BCUT2D eigenvalue weighted by atomic mass is 16.1. The average Bonchev–Trinajstić information content (AvgIpc) is 2.94. The SMILES string of the molecule is O=C(C(c1ccncc1)c1ccc2ccccc2c1)C(c1ccncc1)c1ccc2ccccc2c1. The summed E-state index contributed by atoms with van der Waals surface area (Å²) >= 11 is 0. The first-order valence-corrected chi connectivity index (χ1v) is 12.1. The maximum atomic E-state index is 14.7. The lowest BCUT2D eigenvalue weighted by atomic mass is 9.77. The highest BCUT2D eigenvalue weighted by molar-refractivity contribution is 5.98. The van der Waals surface area contributed by atoms with Crippen molar-refractivity contribution in [3.05, 3.63) is 156 Å². The third-order valence-electron chi connectivity index (χ3n) is 6.86. The second kappa shape index (κ2) is 9.55. The number of carbonyl (C=O) groups is 1. The number of pyridine rings is 2. The van der Waals surface area contributed by atoms with E-state index in [-0.39, 0.29) is 5.78 Å². The van der Waals surface area contributed by atoms with Crippen LogP contribution in [0.25, 0.3) is 21.5 Å². The number of carbonyl (C=O) groups excluding carboxylic acids is 1. The summed E-state index contributed by atoms with van der Waals surface area (Å²) in [7, 11) is 0. The highest BCUT2D eigenvalue weighted by Crippen LogP contribution is 2.37. The molecule has 6 rings (SSSR count). The number of Topliss-reactive ketones (excluding diaryl/α,β-unsaturated/α-hetero) is 1. The van der Waals surface area contributed by atoms with Gasteiger partial charge in [0, 0.05) is 24.8 Å². The zero-order valence-corrected chi connectivity index (χ0v) is 19.7. The normalized spacial score (nSPS) is 12.9. The van der Waals surface area contributed by atoms with Crippen LogP contribution in [0.3, 0.4) is 0 Å². The molecule has 2 unspecified atom stereocenters. The Bertz CT molecular complexity index is 1540. The Labute approximate surface area is 210 Å². The van der Waals surface area contributed by atoms with Crippen LogP contribution in [0.1, 0.15) is 34.1 Å². The summed E-state index contributed by atoms with van der Waals surface area (Å²) in [6.07, 6.45) is 7.03. The van der Waals surface area contributed by atoms with E-state index in [2.05, 4.69) is 70.6 Å². The standard InChI is InChI=1S/C33H24N2O/c36-33(31(25-13-17-34-18-14-25)29-11-9-23-5-1-3-7-27(23)21-29)32(26-15-19-35-20-16-26)30-12-10-24-6-2-4-8-28(24)22-30/h1-22,31-32H. The molecule has 0 aliphatic heterocycles. The average molecular weight is 465 g/mol. The lowest BCUT2D eigenvalue weighted by Gasteiger charge is -2.25. The second-order valence-corrected chi connectivity index (χ2v) is 9.04. The van der Waals surface area contributed by atoms with Crippen LogP contribution in [0.5, 0.6) is 0 Å². The van der Waals surface area contributed by atoms with Crippen molar-refractivity contribution >= 4 is 27.3 Å². The number of benzene rings is 4. The lowest BCUT2D eigenvalue weighted by molar-refractivity contribution is -0.120. The van der Waals surface area contributed by atoms with Crippen LogP contribution in [0.4, 0.5) is 0 Å². The number of hydrogen-bond donors (Lipinski definition) is 0. The summed E-state index contributed by atoms with van der Waals surface area (Å²) in [4.78, 5) is 23.1. The molecule has 0 radical (unpaired) electrons. The second-order valence-electron chi connectivity index (χ2n) is 9.04. The summed E-state index contributed by atoms with van der Waals surface area (Å²) in [5, 5.41) is 4.55. The number of rotatable bonds is 6. The first-order chi connectivity index (χ1) is 17.8. The number of ketones is 1. The van der Waals surface area contributed by atoms with E-state index in [1.807, 2.05) is 48.5 Å². The van der Waals surface area contributed by atoms with Crippen LogP contribution in [0.15, 0.2) is 134 Å². The molecule has 2 heterocycles. The summed E-state index contributed by atoms with van der Waals surface area (Å²) in [6.45, 7) is 0. The molecule has 3 nitrogen and oxygen atoms in total. The number of aromatic nitrogens is 2. The van der Waals surface area contributed by atoms with E-state index in [1.54, 1.807) is 24.8 Å². The first kappa shape index (κ1) is 21.9. The summed E-state index contributed by atoms with van der Waals surface area (Å²) in [5.41, 5.74) is 3.82. The number of nitrogens with zero attached hydrogens (tertiary/aromatic N) is 2. The van der Waals surface area contributed by atoms with Gasteiger partial charge in [-0.2, -0.15) is 0 Å². The van der Waals surface area contributed by atoms with E-state index in [9.17, 15) is 4.79 Å². The van der Waals surface area contributed by atoms with E-state index >= 15 is 0 Å². The van der Waals surface area contributed by atoms with Gasteiger partial charge in [0.15, 0.2) is 5.78 Å². The monoisotopic (exact) mass is 464 g/mol. The van der Waals surface area contributed by atoms with Gasteiger partial charge >= 0.3 is 0 Å². The zero-order valence-electron chi connectivity index (χ0n) is 19.7. The molecule has 0 fully saturated rings. The molecule has 2 atom stereocenters. The zero-order chi connectivity index (χ0) is 24.3. The Morgan fingerprint density at radius 2 is 0.833 bits per heavy atom. The van der Waals surface area contributed by atoms with Gasteiger partial charge in [-0.25, -0.2) is 0 Å². The Morgan fingerprint density at radius 1 is 0.444 bits per heavy atom. The lowest BCUT2D eigenvalue weighted by Crippen LogP contribution is -2.23. The molecule has 0 aliphatic rings. The molecule has 0 saturated carbocycles. The molecule has 3 heteroatoms. The van der Waals surface area contributed by atoms with Crippen molar-refractivity contribution in [2.24, 2.45) is 0 Å². The minimum Gasteiger partial charge on any atom is -0.298 e. The van der Waals surface area contributed by atoms with Crippen molar-refractivity contribution < 1.29 is 4.79 Å². The fourth-order valence-corrected chi connectivity index (χ4v) is 5.10. The van der Waals surface area contributed by atoms with E-state index < -0.39 is 11.8 Å². The quantitative estimate of drug-likeness (QED) is 0.259. The maximum Gasteiger partial charge on any atom is 0.156 e. The van der Waals surface area contributed by atoms with Gasteiger partial charge in [0.2, 0.25) is 0 Å². The first-order valence-electron chi connectivity index (χ1n) is 12.1. The van der Waals surface area contributed by atoms with Gasteiger partial charge in [-0.15, -0.1) is 0 Å². The molecular formula is C33H24N2O. The molecule has 4 aromatic carbocycles. The smallest absolute Gasteiger partial charge is 0.156 e. The minimum absolute atomic E-state index is 0.123. The molecule has 6 aromatic rings. The Balaban J connectivity index is 1.54. The van der Waals surface area contributed by atoms with Gasteiger partial charge in [-0.1, -0.05) is 84.9 Å². The van der Waals surface area contributed by atoms with Crippen molar-refractivity contribution in [1.29, 1.82) is 0 Å². The van der Waals surface area contributed by atoms with E-state index in [4.69, 9.17) is 0 Å². The van der Waals surface area contributed by atoms with Gasteiger partial charge in [0.1, 0.15) is 0 Å². The van der Waals surface area contributed by atoms with Gasteiger partial charge in [0.25, 0.3) is 0 Å². The van der Waals surface area contributed by atoms with Crippen molar-refractivity contribution in [1.82, 2.24) is 9.97 Å². The highest BCUT2D eigenvalue weighted by Gasteiger charge is 2.32.